The van der Waals surface area contributed by atoms with Gasteiger partial charge in [0.05, 0.1) is 5.69 Å². The number of aromatic nitrogens is 1. The first-order chi connectivity index (χ1) is 8.44. The lowest BCUT2D eigenvalue weighted by Crippen LogP contribution is -2.56. The molecule has 0 aromatic carbocycles. The summed E-state index contributed by atoms with van der Waals surface area (Å²) < 4.78 is 0.920. The van der Waals surface area contributed by atoms with Crippen LogP contribution in [0.3, 0.4) is 0 Å². The number of pyridine rings is 1. The van der Waals surface area contributed by atoms with Crippen molar-refractivity contribution in [2.45, 2.75) is 24.8 Å². The van der Waals surface area contributed by atoms with E-state index in [2.05, 4.69) is 51.9 Å². The fourth-order valence-corrected chi connectivity index (χ4v) is 2.96. The van der Waals surface area contributed by atoms with Crippen LogP contribution in [0.15, 0.2) is 16.7 Å². The molecule has 1 aromatic heterocycles. The number of rotatable bonds is 4. The van der Waals surface area contributed by atoms with Gasteiger partial charge in [0.15, 0.2) is 5.82 Å². The molecule has 18 heavy (non-hydrogen) atoms. The van der Waals surface area contributed by atoms with Gasteiger partial charge in [-0.2, -0.15) is 0 Å². The molecule has 1 saturated carbocycles. The van der Waals surface area contributed by atoms with Gasteiger partial charge < -0.3 is 15.5 Å². The SMILES string of the molecule is CN(CC1(N(C)C)CCC1)c1ncc(Br)cc1N. The molecule has 1 aliphatic rings. The average molecular weight is 313 g/mol. The zero-order chi connectivity index (χ0) is 13.3. The zero-order valence-corrected chi connectivity index (χ0v) is 12.9. The van der Waals surface area contributed by atoms with Gasteiger partial charge in [-0.25, -0.2) is 4.98 Å². The topological polar surface area (TPSA) is 45.4 Å². The van der Waals surface area contributed by atoms with Crippen molar-refractivity contribution in [1.82, 2.24) is 9.88 Å². The van der Waals surface area contributed by atoms with Crippen LogP contribution in [-0.4, -0.2) is 43.1 Å². The molecule has 0 spiro atoms. The predicted octanol–water partition coefficient (Wildman–Crippen LogP) is 2.35. The minimum atomic E-state index is 0.288. The standard InChI is InChI=1S/C13H21BrN4/c1-17(2)13(5-4-6-13)9-18(3)12-11(15)7-10(14)8-16-12/h7-8H,4-6,9,15H2,1-3H3. The molecule has 2 rings (SSSR count). The third-order valence-electron chi connectivity index (χ3n) is 3.99. The summed E-state index contributed by atoms with van der Waals surface area (Å²) >= 11 is 3.39. The summed E-state index contributed by atoms with van der Waals surface area (Å²) in [4.78, 5) is 8.92. The van der Waals surface area contributed by atoms with Crippen LogP contribution in [-0.2, 0) is 0 Å². The average Bonchev–Trinajstić information content (AvgIpc) is 2.22. The molecule has 0 saturated heterocycles. The van der Waals surface area contributed by atoms with Gasteiger partial charge in [0, 0.05) is 29.8 Å². The van der Waals surface area contributed by atoms with E-state index in [-0.39, 0.29) is 5.54 Å². The van der Waals surface area contributed by atoms with E-state index in [1.807, 2.05) is 6.07 Å². The molecule has 1 aliphatic carbocycles. The van der Waals surface area contributed by atoms with E-state index in [9.17, 15) is 0 Å². The van der Waals surface area contributed by atoms with Crippen LogP contribution in [0.4, 0.5) is 11.5 Å². The summed E-state index contributed by atoms with van der Waals surface area (Å²) in [5.74, 6) is 0.867. The Balaban J connectivity index is 2.14. The Morgan fingerprint density at radius 3 is 2.50 bits per heavy atom. The van der Waals surface area contributed by atoms with Crippen molar-refractivity contribution in [2.24, 2.45) is 0 Å². The summed E-state index contributed by atoms with van der Waals surface area (Å²) in [6.07, 6.45) is 5.61. The second kappa shape index (κ2) is 5.05. The maximum atomic E-state index is 6.03. The van der Waals surface area contributed by atoms with Gasteiger partial charge >= 0.3 is 0 Å². The van der Waals surface area contributed by atoms with Gasteiger partial charge in [0.25, 0.3) is 0 Å². The molecule has 0 aliphatic heterocycles. The Morgan fingerprint density at radius 1 is 1.39 bits per heavy atom. The molecular weight excluding hydrogens is 292 g/mol. The highest BCUT2D eigenvalue weighted by atomic mass is 79.9. The quantitative estimate of drug-likeness (QED) is 0.927. The second-order valence-corrected chi connectivity index (χ2v) is 6.31. The van der Waals surface area contributed by atoms with E-state index in [1.165, 1.54) is 19.3 Å². The summed E-state index contributed by atoms with van der Waals surface area (Å²) in [5, 5.41) is 0. The van der Waals surface area contributed by atoms with Crippen LogP contribution in [0.2, 0.25) is 0 Å². The summed E-state index contributed by atoms with van der Waals surface area (Å²) in [6.45, 7) is 0.971. The number of likely N-dealkylation sites (N-methyl/N-ethyl adjacent to an activating group) is 2. The van der Waals surface area contributed by atoms with Crippen molar-refractivity contribution in [3.63, 3.8) is 0 Å². The molecular formula is C13H21BrN4. The number of nitrogens with zero attached hydrogens (tertiary/aromatic N) is 3. The third-order valence-corrected chi connectivity index (χ3v) is 4.42. The maximum absolute atomic E-state index is 6.03. The van der Waals surface area contributed by atoms with E-state index in [0.29, 0.717) is 0 Å². The highest BCUT2D eigenvalue weighted by Crippen LogP contribution is 2.37. The number of anilines is 2. The Morgan fingerprint density at radius 2 is 2.06 bits per heavy atom. The smallest absolute Gasteiger partial charge is 0.151 e. The van der Waals surface area contributed by atoms with Crippen molar-refractivity contribution in [3.8, 4) is 0 Å². The Bertz CT molecular complexity index is 429. The fraction of sp³-hybridized carbons (Fsp3) is 0.615. The Hall–Kier alpha value is -0.810. The van der Waals surface area contributed by atoms with Gasteiger partial charge in [-0.05, 0) is 55.4 Å². The van der Waals surface area contributed by atoms with Gasteiger partial charge in [-0.1, -0.05) is 0 Å². The number of halogens is 1. The summed E-state index contributed by atoms with van der Waals surface area (Å²) in [6, 6.07) is 1.90. The highest BCUT2D eigenvalue weighted by Gasteiger charge is 2.40. The van der Waals surface area contributed by atoms with Crippen molar-refractivity contribution in [3.05, 3.63) is 16.7 Å². The second-order valence-electron chi connectivity index (χ2n) is 5.39. The molecule has 1 fully saturated rings. The van der Waals surface area contributed by atoms with Gasteiger partial charge in [0.1, 0.15) is 0 Å². The number of nitrogens with two attached hydrogens (primary N) is 1. The number of nitrogen functional groups attached to an aromatic ring is 1. The minimum Gasteiger partial charge on any atom is -0.396 e. The third kappa shape index (κ3) is 2.47. The fourth-order valence-electron chi connectivity index (χ4n) is 2.61. The molecule has 0 atom stereocenters. The Kier molecular flexibility index (Phi) is 3.82. The van der Waals surface area contributed by atoms with Crippen molar-refractivity contribution in [2.75, 3.05) is 38.3 Å². The van der Waals surface area contributed by atoms with Crippen molar-refractivity contribution in [1.29, 1.82) is 0 Å². The Labute approximate surface area is 117 Å². The lowest BCUT2D eigenvalue weighted by Gasteiger charge is -2.49. The van der Waals surface area contributed by atoms with E-state index < -0.39 is 0 Å². The molecule has 0 unspecified atom stereocenters. The maximum Gasteiger partial charge on any atom is 0.151 e. The van der Waals surface area contributed by atoms with Gasteiger partial charge in [-0.15, -0.1) is 0 Å². The molecule has 4 nitrogen and oxygen atoms in total. The molecule has 2 N–H and O–H groups in total. The normalized spacial score (nSPS) is 17.6. The minimum absolute atomic E-state index is 0.288. The van der Waals surface area contributed by atoms with Gasteiger partial charge in [-0.3, -0.25) is 0 Å². The van der Waals surface area contributed by atoms with E-state index in [0.717, 1.165) is 22.5 Å². The largest absolute Gasteiger partial charge is 0.396 e. The van der Waals surface area contributed by atoms with Crippen molar-refractivity contribution >= 4 is 27.4 Å². The zero-order valence-electron chi connectivity index (χ0n) is 11.3. The molecule has 0 radical (unpaired) electrons. The predicted molar refractivity (Wildman–Crippen MR) is 79.9 cm³/mol. The monoisotopic (exact) mass is 312 g/mol. The lowest BCUT2D eigenvalue weighted by atomic mass is 9.75. The lowest BCUT2D eigenvalue weighted by molar-refractivity contribution is 0.0682. The van der Waals surface area contributed by atoms with Gasteiger partial charge in [0.2, 0.25) is 0 Å². The molecule has 0 amide bonds. The van der Waals surface area contributed by atoms with Crippen LogP contribution in [0.5, 0.6) is 0 Å². The van der Waals surface area contributed by atoms with Crippen LogP contribution in [0.25, 0.3) is 0 Å². The van der Waals surface area contributed by atoms with E-state index in [1.54, 1.807) is 6.20 Å². The summed E-state index contributed by atoms with van der Waals surface area (Å²) in [7, 11) is 6.38. The first kappa shape index (κ1) is 13.6. The van der Waals surface area contributed by atoms with Crippen molar-refractivity contribution < 1.29 is 0 Å². The molecule has 1 heterocycles. The van der Waals surface area contributed by atoms with E-state index in [4.69, 9.17) is 5.73 Å². The highest BCUT2D eigenvalue weighted by molar-refractivity contribution is 9.10. The first-order valence-electron chi connectivity index (χ1n) is 6.24. The molecule has 0 bridgehead atoms. The number of hydrogen-bond acceptors (Lipinski definition) is 4. The van der Waals surface area contributed by atoms with Crippen LogP contribution >= 0.6 is 15.9 Å². The van der Waals surface area contributed by atoms with Crippen LogP contribution < -0.4 is 10.6 Å². The molecule has 1 aromatic rings. The van der Waals surface area contributed by atoms with Crippen LogP contribution in [0, 0.1) is 0 Å². The molecule has 5 heteroatoms. The van der Waals surface area contributed by atoms with Crippen LogP contribution in [0.1, 0.15) is 19.3 Å². The summed E-state index contributed by atoms with van der Waals surface area (Å²) in [5.41, 5.74) is 7.04. The first-order valence-corrected chi connectivity index (χ1v) is 7.03. The van der Waals surface area contributed by atoms with E-state index >= 15 is 0 Å². The molecule has 100 valence electrons. The number of hydrogen-bond donors (Lipinski definition) is 1.